The van der Waals surface area contributed by atoms with E-state index in [4.69, 9.17) is 28.3 Å². The number of hydrogen-bond acceptors (Lipinski definition) is 2. The molecule has 4 nitrogen and oxygen atoms in total. The van der Waals surface area contributed by atoms with Crippen LogP contribution in [0.4, 0.5) is 4.79 Å². The Bertz CT molecular complexity index is 441. The quantitative estimate of drug-likeness (QED) is 0.783. The maximum Gasteiger partial charge on any atom is 0.315 e. The van der Waals surface area contributed by atoms with E-state index in [2.05, 4.69) is 10.6 Å². The van der Waals surface area contributed by atoms with Gasteiger partial charge in [0.05, 0.1) is 0 Å². The molecule has 0 aromatic heterocycles. The van der Waals surface area contributed by atoms with Crippen LogP contribution in [0.15, 0.2) is 18.2 Å². The number of amides is 2. The number of benzene rings is 1. The standard InChI is InChI=1S/C13H18Cl2N2O2/c1-8(7-18)9(2)17-13(19)16-6-10-3-4-11(14)5-12(10)15/h3-5,8-9,18H,6-7H2,1-2H3,(H2,16,17,19). The molecule has 0 saturated heterocycles. The van der Waals surface area contributed by atoms with Crippen molar-refractivity contribution in [3.63, 3.8) is 0 Å². The zero-order valence-corrected chi connectivity index (χ0v) is 12.4. The first-order valence-electron chi connectivity index (χ1n) is 6.03. The lowest BCUT2D eigenvalue weighted by molar-refractivity contribution is 0.200. The third-order valence-electron chi connectivity index (χ3n) is 2.95. The third-order valence-corrected chi connectivity index (χ3v) is 3.54. The summed E-state index contributed by atoms with van der Waals surface area (Å²) in [6, 6.07) is 4.72. The molecule has 0 aliphatic carbocycles. The first-order chi connectivity index (χ1) is 8.93. The summed E-state index contributed by atoms with van der Waals surface area (Å²) in [6.45, 7) is 4.06. The Morgan fingerprint density at radius 3 is 2.63 bits per heavy atom. The van der Waals surface area contributed by atoms with E-state index in [1.54, 1.807) is 18.2 Å². The Balaban J connectivity index is 2.46. The highest BCUT2D eigenvalue weighted by atomic mass is 35.5. The zero-order valence-electron chi connectivity index (χ0n) is 10.9. The zero-order chi connectivity index (χ0) is 14.4. The number of rotatable bonds is 5. The molecular weight excluding hydrogens is 287 g/mol. The fraction of sp³-hybridized carbons (Fsp3) is 0.462. The Morgan fingerprint density at radius 1 is 1.37 bits per heavy atom. The SMILES string of the molecule is CC(CO)C(C)NC(=O)NCc1ccc(Cl)cc1Cl. The lowest BCUT2D eigenvalue weighted by atomic mass is 10.1. The molecule has 3 N–H and O–H groups in total. The molecule has 0 bridgehead atoms. The van der Waals surface area contributed by atoms with Crippen LogP contribution in [0.3, 0.4) is 0 Å². The molecule has 0 aliphatic heterocycles. The summed E-state index contributed by atoms with van der Waals surface area (Å²) >= 11 is 11.8. The number of urea groups is 1. The van der Waals surface area contributed by atoms with Gasteiger partial charge in [0.15, 0.2) is 0 Å². The summed E-state index contributed by atoms with van der Waals surface area (Å²) in [7, 11) is 0. The average molecular weight is 305 g/mol. The van der Waals surface area contributed by atoms with Crippen molar-refractivity contribution in [2.24, 2.45) is 5.92 Å². The summed E-state index contributed by atoms with van der Waals surface area (Å²) in [5, 5.41) is 15.5. The molecule has 2 amide bonds. The minimum atomic E-state index is -0.293. The molecule has 0 radical (unpaired) electrons. The molecule has 0 saturated carbocycles. The van der Waals surface area contributed by atoms with Gasteiger partial charge in [0, 0.05) is 29.2 Å². The molecule has 2 atom stereocenters. The van der Waals surface area contributed by atoms with Crippen molar-refractivity contribution in [3.8, 4) is 0 Å². The van der Waals surface area contributed by atoms with Crippen molar-refractivity contribution in [1.82, 2.24) is 10.6 Å². The van der Waals surface area contributed by atoms with Crippen LogP contribution in [0.1, 0.15) is 19.4 Å². The predicted octanol–water partition coefficient (Wildman–Crippen LogP) is 2.81. The van der Waals surface area contributed by atoms with Gasteiger partial charge in [-0.2, -0.15) is 0 Å². The largest absolute Gasteiger partial charge is 0.396 e. The number of carbonyl (C=O) groups excluding carboxylic acids is 1. The molecule has 0 aliphatic rings. The van der Waals surface area contributed by atoms with Gasteiger partial charge in [-0.3, -0.25) is 0 Å². The van der Waals surface area contributed by atoms with Crippen molar-refractivity contribution in [2.45, 2.75) is 26.4 Å². The Morgan fingerprint density at radius 2 is 2.05 bits per heavy atom. The number of nitrogens with one attached hydrogen (secondary N) is 2. The Kier molecular flexibility index (Phi) is 6.42. The molecule has 0 spiro atoms. The first-order valence-corrected chi connectivity index (χ1v) is 6.78. The van der Waals surface area contributed by atoms with E-state index in [0.717, 1.165) is 5.56 Å². The van der Waals surface area contributed by atoms with E-state index in [0.29, 0.717) is 16.6 Å². The summed E-state index contributed by atoms with van der Waals surface area (Å²) in [5.41, 5.74) is 0.795. The maximum absolute atomic E-state index is 11.7. The van der Waals surface area contributed by atoms with E-state index < -0.39 is 0 Å². The molecule has 6 heteroatoms. The predicted molar refractivity (Wildman–Crippen MR) is 77.5 cm³/mol. The second kappa shape index (κ2) is 7.58. The normalized spacial score (nSPS) is 13.7. The van der Waals surface area contributed by atoms with Gasteiger partial charge in [0.2, 0.25) is 0 Å². The van der Waals surface area contributed by atoms with Gasteiger partial charge < -0.3 is 15.7 Å². The van der Waals surface area contributed by atoms with Gasteiger partial charge in [-0.25, -0.2) is 4.79 Å². The van der Waals surface area contributed by atoms with Gasteiger partial charge in [-0.05, 0) is 30.5 Å². The number of hydrogen-bond donors (Lipinski definition) is 3. The van der Waals surface area contributed by atoms with E-state index >= 15 is 0 Å². The Labute approximate surface area is 123 Å². The fourth-order valence-corrected chi connectivity index (χ4v) is 1.87. The van der Waals surface area contributed by atoms with E-state index in [-0.39, 0.29) is 24.6 Å². The molecule has 106 valence electrons. The molecule has 1 aromatic rings. The van der Waals surface area contributed by atoms with Crippen LogP contribution in [-0.4, -0.2) is 23.8 Å². The van der Waals surface area contributed by atoms with Gasteiger partial charge in [-0.15, -0.1) is 0 Å². The highest BCUT2D eigenvalue weighted by Crippen LogP contribution is 2.20. The number of halogens is 2. The van der Waals surface area contributed by atoms with E-state index in [9.17, 15) is 4.79 Å². The van der Waals surface area contributed by atoms with Crippen LogP contribution in [-0.2, 0) is 6.54 Å². The second-order valence-electron chi connectivity index (χ2n) is 4.51. The lowest BCUT2D eigenvalue weighted by Gasteiger charge is -2.19. The summed E-state index contributed by atoms with van der Waals surface area (Å²) in [6.07, 6.45) is 0. The van der Waals surface area contributed by atoms with Gasteiger partial charge in [0.25, 0.3) is 0 Å². The van der Waals surface area contributed by atoms with Gasteiger partial charge in [0.1, 0.15) is 0 Å². The van der Waals surface area contributed by atoms with E-state index in [1.807, 2.05) is 13.8 Å². The van der Waals surface area contributed by atoms with Crippen LogP contribution in [0.5, 0.6) is 0 Å². The van der Waals surface area contributed by atoms with Gasteiger partial charge >= 0.3 is 6.03 Å². The minimum Gasteiger partial charge on any atom is -0.396 e. The van der Waals surface area contributed by atoms with Crippen molar-refractivity contribution in [3.05, 3.63) is 33.8 Å². The maximum atomic E-state index is 11.7. The third kappa shape index (κ3) is 5.27. The fourth-order valence-electron chi connectivity index (χ4n) is 1.40. The van der Waals surface area contributed by atoms with Crippen LogP contribution < -0.4 is 10.6 Å². The summed E-state index contributed by atoms with van der Waals surface area (Å²) < 4.78 is 0. The monoisotopic (exact) mass is 304 g/mol. The summed E-state index contributed by atoms with van der Waals surface area (Å²) in [4.78, 5) is 11.7. The number of carbonyl (C=O) groups is 1. The molecule has 1 aromatic carbocycles. The highest BCUT2D eigenvalue weighted by Gasteiger charge is 2.13. The molecule has 0 heterocycles. The second-order valence-corrected chi connectivity index (χ2v) is 5.35. The molecular formula is C13H18Cl2N2O2. The van der Waals surface area contributed by atoms with Crippen molar-refractivity contribution >= 4 is 29.2 Å². The number of aliphatic hydroxyl groups excluding tert-OH is 1. The van der Waals surface area contributed by atoms with Crippen LogP contribution >= 0.6 is 23.2 Å². The van der Waals surface area contributed by atoms with Crippen LogP contribution in [0, 0.1) is 5.92 Å². The minimum absolute atomic E-state index is 0.00451. The molecule has 2 unspecified atom stereocenters. The van der Waals surface area contributed by atoms with E-state index in [1.165, 1.54) is 0 Å². The molecule has 19 heavy (non-hydrogen) atoms. The van der Waals surface area contributed by atoms with Crippen molar-refractivity contribution in [2.75, 3.05) is 6.61 Å². The topological polar surface area (TPSA) is 61.4 Å². The molecule has 1 rings (SSSR count). The summed E-state index contributed by atoms with van der Waals surface area (Å²) in [5.74, 6) is 0.00451. The molecule has 0 fully saturated rings. The lowest BCUT2D eigenvalue weighted by Crippen LogP contribution is -2.44. The first kappa shape index (κ1) is 16.1. The average Bonchev–Trinajstić information content (AvgIpc) is 2.36. The van der Waals surface area contributed by atoms with Gasteiger partial charge in [-0.1, -0.05) is 36.2 Å². The smallest absolute Gasteiger partial charge is 0.315 e. The number of aliphatic hydroxyl groups is 1. The Hall–Kier alpha value is -0.970. The highest BCUT2D eigenvalue weighted by molar-refractivity contribution is 6.35. The van der Waals surface area contributed by atoms with Crippen molar-refractivity contribution in [1.29, 1.82) is 0 Å². The van der Waals surface area contributed by atoms with Crippen LogP contribution in [0.2, 0.25) is 10.0 Å². The van der Waals surface area contributed by atoms with Crippen molar-refractivity contribution < 1.29 is 9.90 Å². The van der Waals surface area contributed by atoms with Crippen LogP contribution in [0.25, 0.3) is 0 Å².